The Morgan fingerprint density at radius 2 is 2.06 bits per heavy atom. The third-order valence-corrected chi connectivity index (χ3v) is 3.92. The van der Waals surface area contributed by atoms with Crippen LogP contribution in [0.4, 0.5) is 0 Å². The van der Waals surface area contributed by atoms with Crippen LogP contribution in [-0.4, -0.2) is 24.8 Å². The minimum absolute atomic E-state index is 0.563. The summed E-state index contributed by atoms with van der Waals surface area (Å²) in [5.74, 6) is 0.620. The first-order valence-electron chi connectivity index (χ1n) is 7.26. The third kappa shape index (κ3) is 4.81. The van der Waals surface area contributed by atoms with Crippen molar-refractivity contribution in [3.05, 3.63) is 12.7 Å². The first-order valence-corrected chi connectivity index (χ1v) is 7.26. The number of unbranched alkanes of at least 4 members (excludes halogenated alkanes) is 4. The van der Waals surface area contributed by atoms with Crippen LogP contribution in [-0.2, 0) is 4.84 Å². The zero-order chi connectivity index (χ0) is 12.5. The number of hydrogen-bond donors (Lipinski definition) is 0. The quantitative estimate of drug-likeness (QED) is 0.465. The highest BCUT2D eigenvalue weighted by molar-refractivity contribution is 4.91. The normalized spacial score (nSPS) is 26.0. The van der Waals surface area contributed by atoms with Crippen LogP contribution in [0.15, 0.2) is 12.7 Å². The molecular weight excluding hydrogens is 210 g/mol. The number of piperidine rings is 1. The SMILES string of the molecule is C=CC1CCCN(OC)C1CCCCCCC. The lowest BCUT2D eigenvalue weighted by molar-refractivity contribution is -0.185. The number of nitrogens with zero attached hydrogens (tertiary/aromatic N) is 1. The van der Waals surface area contributed by atoms with Gasteiger partial charge in [0.2, 0.25) is 0 Å². The molecule has 100 valence electrons. The smallest absolute Gasteiger partial charge is 0.0575 e. The average molecular weight is 239 g/mol. The van der Waals surface area contributed by atoms with Gasteiger partial charge in [-0.25, -0.2) is 0 Å². The summed E-state index contributed by atoms with van der Waals surface area (Å²) < 4.78 is 0. The lowest BCUT2D eigenvalue weighted by Crippen LogP contribution is -2.43. The molecule has 0 aromatic heterocycles. The molecule has 17 heavy (non-hydrogen) atoms. The van der Waals surface area contributed by atoms with Crippen LogP contribution in [0.5, 0.6) is 0 Å². The van der Waals surface area contributed by atoms with Gasteiger partial charge in [-0.1, -0.05) is 45.1 Å². The van der Waals surface area contributed by atoms with Crippen molar-refractivity contribution in [1.29, 1.82) is 0 Å². The topological polar surface area (TPSA) is 12.5 Å². The standard InChI is InChI=1S/C15H29NO/c1-4-6-7-8-9-12-15-14(5-2)11-10-13-16(15)17-3/h5,14-15H,2,4,6-13H2,1,3H3. The molecule has 1 saturated heterocycles. The zero-order valence-electron chi connectivity index (χ0n) is 11.7. The second-order valence-electron chi connectivity index (χ2n) is 5.14. The van der Waals surface area contributed by atoms with Crippen molar-refractivity contribution >= 4 is 0 Å². The van der Waals surface area contributed by atoms with Crippen molar-refractivity contribution in [2.45, 2.75) is 64.3 Å². The van der Waals surface area contributed by atoms with E-state index in [2.05, 4.69) is 24.6 Å². The minimum atomic E-state index is 0.563. The highest BCUT2D eigenvalue weighted by atomic mass is 16.7. The van der Waals surface area contributed by atoms with E-state index in [1.807, 2.05) is 0 Å². The molecule has 1 fully saturated rings. The molecule has 0 saturated carbocycles. The molecule has 1 aliphatic heterocycles. The van der Waals surface area contributed by atoms with E-state index >= 15 is 0 Å². The summed E-state index contributed by atoms with van der Waals surface area (Å²) in [6.45, 7) is 7.33. The summed E-state index contributed by atoms with van der Waals surface area (Å²) in [7, 11) is 1.80. The Morgan fingerprint density at radius 3 is 2.71 bits per heavy atom. The molecule has 0 N–H and O–H groups in total. The summed E-state index contributed by atoms with van der Waals surface area (Å²) in [5.41, 5.74) is 0. The summed E-state index contributed by atoms with van der Waals surface area (Å²) >= 11 is 0. The molecule has 2 atom stereocenters. The summed E-state index contributed by atoms with van der Waals surface area (Å²) in [6, 6.07) is 0.563. The number of hydroxylamine groups is 2. The molecule has 0 aliphatic carbocycles. The van der Waals surface area contributed by atoms with E-state index in [1.165, 1.54) is 51.4 Å². The van der Waals surface area contributed by atoms with Crippen LogP contribution in [0.2, 0.25) is 0 Å². The van der Waals surface area contributed by atoms with Crippen molar-refractivity contribution in [1.82, 2.24) is 5.06 Å². The van der Waals surface area contributed by atoms with Crippen LogP contribution in [0.25, 0.3) is 0 Å². The van der Waals surface area contributed by atoms with Gasteiger partial charge in [0, 0.05) is 12.6 Å². The van der Waals surface area contributed by atoms with Gasteiger partial charge >= 0.3 is 0 Å². The Balaban J connectivity index is 2.31. The second-order valence-corrected chi connectivity index (χ2v) is 5.14. The maximum absolute atomic E-state index is 5.50. The van der Waals surface area contributed by atoms with Crippen molar-refractivity contribution in [3.63, 3.8) is 0 Å². The molecule has 0 aromatic rings. The molecule has 0 spiro atoms. The van der Waals surface area contributed by atoms with E-state index in [-0.39, 0.29) is 0 Å². The molecule has 2 unspecified atom stereocenters. The van der Waals surface area contributed by atoms with E-state index < -0.39 is 0 Å². The predicted octanol–water partition coefficient (Wildman–Crippen LogP) is 4.17. The third-order valence-electron chi connectivity index (χ3n) is 3.92. The summed E-state index contributed by atoms with van der Waals surface area (Å²) in [4.78, 5) is 5.50. The van der Waals surface area contributed by atoms with Crippen LogP contribution in [0, 0.1) is 5.92 Å². The number of rotatable bonds is 8. The van der Waals surface area contributed by atoms with Gasteiger partial charge in [0.1, 0.15) is 0 Å². The van der Waals surface area contributed by atoms with Gasteiger partial charge in [-0.15, -0.1) is 6.58 Å². The van der Waals surface area contributed by atoms with E-state index in [1.54, 1.807) is 7.11 Å². The van der Waals surface area contributed by atoms with Gasteiger partial charge in [-0.2, -0.15) is 5.06 Å². The lowest BCUT2D eigenvalue weighted by Gasteiger charge is -2.38. The van der Waals surface area contributed by atoms with Gasteiger partial charge < -0.3 is 4.84 Å². The van der Waals surface area contributed by atoms with Crippen LogP contribution >= 0.6 is 0 Å². The maximum Gasteiger partial charge on any atom is 0.0575 e. The second kappa shape index (κ2) is 8.71. The highest BCUT2D eigenvalue weighted by Crippen LogP contribution is 2.28. The van der Waals surface area contributed by atoms with Gasteiger partial charge in [-0.05, 0) is 25.2 Å². The Kier molecular flexibility index (Phi) is 7.54. The molecule has 0 radical (unpaired) electrons. The van der Waals surface area contributed by atoms with E-state index in [0.29, 0.717) is 12.0 Å². The Labute approximate surface area is 107 Å². The molecule has 2 heteroatoms. The molecule has 2 nitrogen and oxygen atoms in total. The fourth-order valence-electron chi connectivity index (χ4n) is 2.87. The predicted molar refractivity (Wildman–Crippen MR) is 73.8 cm³/mol. The Morgan fingerprint density at radius 1 is 1.29 bits per heavy atom. The summed E-state index contributed by atoms with van der Waals surface area (Å²) in [6.07, 6.45) is 12.7. The first kappa shape index (κ1) is 14.7. The van der Waals surface area contributed by atoms with Crippen molar-refractivity contribution in [2.75, 3.05) is 13.7 Å². The van der Waals surface area contributed by atoms with Crippen molar-refractivity contribution < 1.29 is 4.84 Å². The zero-order valence-corrected chi connectivity index (χ0v) is 11.7. The van der Waals surface area contributed by atoms with Gasteiger partial charge in [0.05, 0.1) is 7.11 Å². The van der Waals surface area contributed by atoms with Crippen molar-refractivity contribution in [2.24, 2.45) is 5.92 Å². The fourth-order valence-corrected chi connectivity index (χ4v) is 2.87. The molecule has 0 aromatic carbocycles. The number of hydrogen-bond acceptors (Lipinski definition) is 2. The molecule has 0 amide bonds. The van der Waals surface area contributed by atoms with Gasteiger partial charge in [0.15, 0.2) is 0 Å². The van der Waals surface area contributed by atoms with Crippen molar-refractivity contribution in [3.8, 4) is 0 Å². The van der Waals surface area contributed by atoms with Crippen LogP contribution in [0.3, 0.4) is 0 Å². The van der Waals surface area contributed by atoms with E-state index in [4.69, 9.17) is 4.84 Å². The molecule has 1 heterocycles. The van der Waals surface area contributed by atoms with Crippen LogP contribution in [0.1, 0.15) is 58.3 Å². The molecule has 1 rings (SSSR count). The summed E-state index contributed by atoms with van der Waals surface area (Å²) in [5, 5.41) is 2.18. The molecular formula is C15H29NO. The first-order chi connectivity index (χ1) is 8.33. The lowest BCUT2D eigenvalue weighted by atomic mass is 9.87. The largest absolute Gasteiger partial charge is 0.302 e. The minimum Gasteiger partial charge on any atom is -0.302 e. The maximum atomic E-state index is 5.50. The van der Waals surface area contributed by atoms with E-state index in [0.717, 1.165) is 6.54 Å². The highest BCUT2D eigenvalue weighted by Gasteiger charge is 2.29. The molecule has 1 aliphatic rings. The fraction of sp³-hybridized carbons (Fsp3) is 0.867. The van der Waals surface area contributed by atoms with Gasteiger partial charge in [-0.3, -0.25) is 0 Å². The molecule has 0 bridgehead atoms. The monoisotopic (exact) mass is 239 g/mol. The Hall–Kier alpha value is -0.340. The average Bonchev–Trinajstić information content (AvgIpc) is 2.38. The van der Waals surface area contributed by atoms with Crippen LogP contribution < -0.4 is 0 Å². The Bertz CT molecular complexity index is 205. The van der Waals surface area contributed by atoms with Gasteiger partial charge in [0.25, 0.3) is 0 Å². The van der Waals surface area contributed by atoms with E-state index in [9.17, 15) is 0 Å².